The topological polar surface area (TPSA) is 71.3 Å². The number of aromatic nitrogens is 1. The van der Waals surface area contributed by atoms with Gasteiger partial charge in [0.2, 0.25) is 0 Å². The summed E-state index contributed by atoms with van der Waals surface area (Å²) in [6.07, 6.45) is 0. The highest BCUT2D eigenvalue weighted by molar-refractivity contribution is 7.16. The van der Waals surface area contributed by atoms with Crippen LogP contribution in [0, 0.1) is 0 Å². The molecule has 3 rings (SSSR count). The summed E-state index contributed by atoms with van der Waals surface area (Å²) in [4.78, 5) is 18.1. The van der Waals surface area contributed by atoms with Crippen LogP contribution in [0.3, 0.4) is 0 Å². The second kappa shape index (κ2) is 11.7. The number of ether oxygens (including phenoxy) is 4. The van der Waals surface area contributed by atoms with Crippen molar-refractivity contribution in [3.63, 3.8) is 0 Å². The minimum absolute atomic E-state index is 0.337. The second-order valence-corrected chi connectivity index (χ2v) is 7.75. The highest BCUT2D eigenvalue weighted by atomic mass is 32.1. The van der Waals surface area contributed by atoms with Gasteiger partial charge in [-0.1, -0.05) is 11.3 Å². The van der Waals surface area contributed by atoms with Crippen molar-refractivity contribution in [2.24, 2.45) is 4.99 Å². The van der Waals surface area contributed by atoms with Crippen molar-refractivity contribution in [1.82, 2.24) is 4.57 Å². The largest absolute Gasteiger partial charge is 0.494 e. The first-order chi connectivity index (χ1) is 15.6. The van der Waals surface area contributed by atoms with Crippen molar-refractivity contribution >= 4 is 27.5 Å². The first-order valence-corrected chi connectivity index (χ1v) is 11.7. The molecule has 0 fully saturated rings. The molecule has 0 N–H and O–H groups in total. The quantitative estimate of drug-likeness (QED) is 0.390. The predicted molar refractivity (Wildman–Crippen MR) is 126 cm³/mol. The van der Waals surface area contributed by atoms with Crippen LogP contribution < -0.4 is 19.0 Å². The maximum absolute atomic E-state index is 13.0. The Kier molecular flexibility index (Phi) is 8.70. The molecule has 7 nitrogen and oxygen atoms in total. The van der Waals surface area contributed by atoms with Gasteiger partial charge in [0.1, 0.15) is 5.75 Å². The Morgan fingerprint density at radius 3 is 2.38 bits per heavy atom. The highest BCUT2D eigenvalue weighted by Gasteiger charge is 2.13. The lowest BCUT2D eigenvalue weighted by molar-refractivity contribution is 0.0996. The number of nitrogens with zero attached hydrogens (tertiary/aromatic N) is 2. The van der Waals surface area contributed by atoms with Gasteiger partial charge >= 0.3 is 0 Å². The number of carbonyl (C=O) groups excluding carboxylic acids is 1. The Morgan fingerprint density at radius 1 is 0.906 bits per heavy atom. The molecule has 0 unspecified atom stereocenters. The molecule has 0 saturated heterocycles. The van der Waals surface area contributed by atoms with Crippen molar-refractivity contribution in [3.05, 3.63) is 46.8 Å². The molecule has 0 radical (unpaired) electrons. The summed E-state index contributed by atoms with van der Waals surface area (Å²) in [5.41, 5.74) is 1.44. The molecule has 0 spiro atoms. The summed E-state index contributed by atoms with van der Waals surface area (Å²) < 4.78 is 25.4. The predicted octanol–water partition coefficient (Wildman–Crippen LogP) is 4.68. The smallest absolute Gasteiger partial charge is 0.279 e. The molecular weight excluding hydrogens is 428 g/mol. The van der Waals surface area contributed by atoms with Gasteiger partial charge in [-0.2, -0.15) is 4.99 Å². The third-order valence-corrected chi connectivity index (χ3v) is 5.66. The molecule has 1 heterocycles. The third-order valence-electron chi connectivity index (χ3n) is 4.62. The lowest BCUT2D eigenvalue weighted by atomic mass is 10.2. The van der Waals surface area contributed by atoms with Gasteiger partial charge < -0.3 is 23.5 Å². The van der Waals surface area contributed by atoms with Gasteiger partial charge in [-0.15, -0.1) is 0 Å². The summed E-state index contributed by atoms with van der Waals surface area (Å²) in [7, 11) is 0. The van der Waals surface area contributed by atoms with Crippen molar-refractivity contribution < 1.29 is 23.7 Å². The molecule has 8 heteroatoms. The van der Waals surface area contributed by atoms with Crippen LogP contribution in [-0.4, -0.2) is 43.5 Å². The van der Waals surface area contributed by atoms with Crippen LogP contribution in [0.1, 0.15) is 38.1 Å². The van der Waals surface area contributed by atoms with Crippen LogP contribution in [0.25, 0.3) is 10.2 Å². The van der Waals surface area contributed by atoms with E-state index in [1.807, 2.05) is 50.5 Å². The Labute approximate surface area is 192 Å². The molecule has 0 atom stereocenters. The number of thiazole rings is 1. The van der Waals surface area contributed by atoms with Crippen LogP contribution in [0.15, 0.2) is 41.4 Å². The van der Waals surface area contributed by atoms with Gasteiger partial charge in [0, 0.05) is 18.7 Å². The SMILES string of the molecule is CCOCCn1c(=NC(=O)c2ccc(OCC)c(OCC)c2)sc2cc(OCC)ccc21. The zero-order valence-electron chi connectivity index (χ0n) is 19.1. The molecule has 0 aliphatic rings. The van der Waals surface area contributed by atoms with E-state index in [1.165, 1.54) is 11.3 Å². The van der Waals surface area contributed by atoms with E-state index in [2.05, 4.69) is 4.99 Å². The number of carbonyl (C=O) groups is 1. The molecule has 0 aliphatic carbocycles. The Bertz CT molecular complexity index is 1120. The molecule has 1 aromatic heterocycles. The van der Waals surface area contributed by atoms with E-state index in [1.54, 1.807) is 18.2 Å². The Morgan fingerprint density at radius 2 is 1.66 bits per heavy atom. The van der Waals surface area contributed by atoms with Crippen LogP contribution in [0.2, 0.25) is 0 Å². The Hall–Kier alpha value is -2.84. The van der Waals surface area contributed by atoms with Gasteiger partial charge in [-0.3, -0.25) is 4.79 Å². The number of benzene rings is 2. The maximum atomic E-state index is 13.0. The summed E-state index contributed by atoms with van der Waals surface area (Å²) in [6, 6.07) is 11.1. The zero-order chi connectivity index (χ0) is 22.9. The van der Waals surface area contributed by atoms with E-state index < -0.39 is 0 Å². The molecule has 2 aromatic carbocycles. The van der Waals surface area contributed by atoms with E-state index >= 15 is 0 Å². The van der Waals surface area contributed by atoms with Crippen LogP contribution >= 0.6 is 11.3 Å². The molecule has 0 aliphatic heterocycles. The van der Waals surface area contributed by atoms with E-state index in [-0.39, 0.29) is 5.91 Å². The van der Waals surface area contributed by atoms with Crippen molar-refractivity contribution in [2.75, 3.05) is 33.0 Å². The third kappa shape index (κ3) is 5.69. The molecule has 3 aromatic rings. The molecule has 0 bridgehead atoms. The van der Waals surface area contributed by atoms with Crippen molar-refractivity contribution in [2.45, 2.75) is 34.2 Å². The Balaban J connectivity index is 2.02. The number of rotatable bonds is 11. The van der Waals surface area contributed by atoms with E-state index in [9.17, 15) is 4.79 Å². The van der Waals surface area contributed by atoms with E-state index in [4.69, 9.17) is 18.9 Å². The lowest BCUT2D eigenvalue weighted by Crippen LogP contribution is -2.19. The minimum Gasteiger partial charge on any atom is -0.494 e. The molecule has 1 amide bonds. The zero-order valence-corrected chi connectivity index (χ0v) is 19.9. The summed E-state index contributed by atoms with van der Waals surface area (Å²) in [6.45, 7) is 11.1. The van der Waals surface area contributed by atoms with Crippen LogP contribution in [0.5, 0.6) is 17.2 Å². The fourth-order valence-corrected chi connectivity index (χ4v) is 4.33. The second-order valence-electron chi connectivity index (χ2n) is 6.74. The molecule has 0 saturated carbocycles. The van der Waals surface area contributed by atoms with E-state index in [0.717, 1.165) is 16.0 Å². The average molecular weight is 459 g/mol. The standard InChI is InChI=1S/C24H30N2O5S/c1-5-28-14-13-26-19-11-10-18(29-6-2)16-22(19)32-24(26)25-23(27)17-9-12-20(30-7-3)21(15-17)31-8-4/h9-12,15-16H,5-8,13-14H2,1-4H3. The summed E-state index contributed by atoms with van der Waals surface area (Å²) in [5.74, 6) is 1.61. The lowest BCUT2D eigenvalue weighted by Gasteiger charge is -2.11. The van der Waals surface area contributed by atoms with E-state index in [0.29, 0.717) is 61.4 Å². The van der Waals surface area contributed by atoms with Gasteiger partial charge in [-0.05, 0) is 64.1 Å². The average Bonchev–Trinajstić information content (AvgIpc) is 3.12. The highest BCUT2D eigenvalue weighted by Crippen LogP contribution is 2.29. The van der Waals surface area contributed by atoms with Gasteiger partial charge in [0.25, 0.3) is 5.91 Å². The number of hydrogen-bond acceptors (Lipinski definition) is 6. The summed E-state index contributed by atoms with van der Waals surface area (Å²) in [5, 5.41) is 0. The fraction of sp³-hybridized carbons (Fsp3) is 0.417. The first kappa shape index (κ1) is 23.8. The monoisotopic (exact) mass is 458 g/mol. The summed E-state index contributed by atoms with van der Waals surface area (Å²) >= 11 is 1.45. The normalized spacial score (nSPS) is 11.7. The fourth-order valence-electron chi connectivity index (χ4n) is 3.25. The molecule has 172 valence electrons. The van der Waals surface area contributed by atoms with Crippen molar-refractivity contribution in [3.8, 4) is 17.2 Å². The molecule has 32 heavy (non-hydrogen) atoms. The van der Waals surface area contributed by atoms with Crippen molar-refractivity contribution in [1.29, 1.82) is 0 Å². The number of amides is 1. The first-order valence-electron chi connectivity index (χ1n) is 10.9. The van der Waals surface area contributed by atoms with Crippen LogP contribution in [-0.2, 0) is 11.3 Å². The van der Waals surface area contributed by atoms with Gasteiger partial charge in [-0.25, -0.2) is 0 Å². The molecular formula is C24H30N2O5S. The minimum atomic E-state index is -0.337. The van der Waals surface area contributed by atoms with Crippen LogP contribution in [0.4, 0.5) is 0 Å². The van der Waals surface area contributed by atoms with Gasteiger partial charge in [0.15, 0.2) is 16.3 Å². The number of fused-ring (bicyclic) bond motifs is 1. The van der Waals surface area contributed by atoms with Gasteiger partial charge in [0.05, 0.1) is 36.6 Å². The number of hydrogen-bond donors (Lipinski definition) is 0. The maximum Gasteiger partial charge on any atom is 0.279 e.